The smallest absolute Gasteiger partial charge is 0.176 e. The van der Waals surface area contributed by atoms with E-state index < -0.39 is 0 Å². The van der Waals surface area contributed by atoms with Gasteiger partial charge in [-0.15, -0.1) is 0 Å². The van der Waals surface area contributed by atoms with E-state index >= 15 is 0 Å². The van der Waals surface area contributed by atoms with E-state index in [-0.39, 0.29) is 5.78 Å². The van der Waals surface area contributed by atoms with Crippen molar-refractivity contribution in [1.82, 2.24) is 0 Å². The first-order valence-electron chi connectivity index (χ1n) is 6.62. The van der Waals surface area contributed by atoms with Gasteiger partial charge in [-0.05, 0) is 31.2 Å². The molecule has 19 heavy (non-hydrogen) atoms. The first-order valence-corrected chi connectivity index (χ1v) is 7.67. The lowest BCUT2D eigenvalue weighted by molar-refractivity contribution is 0.101. The van der Waals surface area contributed by atoms with Gasteiger partial charge in [0, 0.05) is 6.07 Å². The maximum Gasteiger partial charge on any atom is 0.176 e. The van der Waals surface area contributed by atoms with Crippen LogP contribution in [0.2, 0.25) is 0 Å². The van der Waals surface area contributed by atoms with Gasteiger partial charge >= 0.3 is 0 Å². The number of hydrogen-bond acceptors (Lipinski definition) is 4. The number of Topliss-reactive ketones (excluding diaryl/α,β-unsaturated/α-hetero) is 1. The second-order valence-electron chi connectivity index (χ2n) is 4.31. The van der Waals surface area contributed by atoms with Crippen molar-refractivity contribution >= 4 is 17.5 Å². The van der Waals surface area contributed by atoms with Crippen molar-refractivity contribution in [1.29, 1.82) is 0 Å². The predicted molar refractivity (Wildman–Crippen MR) is 80.7 cm³/mol. The fraction of sp³-hybridized carbons (Fsp3) is 0.533. The topological polar surface area (TPSA) is 35.5 Å². The lowest BCUT2D eigenvalue weighted by atomic mass is 10.1. The highest BCUT2D eigenvalue weighted by atomic mass is 32.2. The summed E-state index contributed by atoms with van der Waals surface area (Å²) in [7, 11) is 0. The van der Waals surface area contributed by atoms with Crippen molar-refractivity contribution in [3.05, 3.63) is 23.8 Å². The minimum absolute atomic E-state index is 0.102. The van der Waals surface area contributed by atoms with E-state index in [4.69, 9.17) is 9.47 Å². The zero-order valence-corrected chi connectivity index (χ0v) is 12.9. The Morgan fingerprint density at radius 2 is 1.89 bits per heavy atom. The number of benzene rings is 1. The van der Waals surface area contributed by atoms with Crippen molar-refractivity contribution in [3.63, 3.8) is 0 Å². The second-order valence-corrected chi connectivity index (χ2v) is 5.87. The number of carbonyl (C=O) groups is 1. The Hall–Kier alpha value is -1.16. The van der Waals surface area contributed by atoms with E-state index in [2.05, 4.69) is 13.8 Å². The lowest BCUT2D eigenvalue weighted by Gasteiger charge is -2.12. The molecule has 0 saturated heterocycles. The van der Waals surface area contributed by atoms with Gasteiger partial charge in [0.05, 0.1) is 24.5 Å². The van der Waals surface area contributed by atoms with Crippen LogP contribution in [0.1, 0.15) is 38.1 Å². The minimum Gasteiger partial charge on any atom is -0.494 e. The summed E-state index contributed by atoms with van der Waals surface area (Å²) in [5.74, 6) is 1.93. The van der Waals surface area contributed by atoms with Gasteiger partial charge in [0.25, 0.3) is 0 Å². The molecule has 0 aliphatic heterocycles. The minimum atomic E-state index is 0.102. The van der Waals surface area contributed by atoms with Gasteiger partial charge in [0.2, 0.25) is 0 Å². The summed E-state index contributed by atoms with van der Waals surface area (Å²) in [6.45, 7) is 9.14. The molecule has 0 fully saturated rings. The molecule has 0 radical (unpaired) electrons. The molecule has 4 heteroatoms. The average molecular weight is 282 g/mol. The predicted octanol–water partition coefficient (Wildman–Crippen LogP) is 3.81. The Morgan fingerprint density at radius 3 is 2.47 bits per heavy atom. The van der Waals surface area contributed by atoms with Crippen molar-refractivity contribution < 1.29 is 14.3 Å². The molecule has 1 rings (SSSR count). The van der Waals surface area contributed by atoms with E-state index in [9.17, 15) is 4.79 Å². The van der Waals surface area contributed by atoms with E-state index in [0.717, 1.165) is 5.75 Å². The summed E-state index contributed by atoms with van der Waals surface area (Å²) in [5, 5.41) is 0.446. The fourth-order valence-electron chi connectivity index (χ4n) is 1.58. The molecule has 0 heterocycles. The molecule has 0 amide bonds. The molecule has 0 saturated carbocycles. The van der Waals surface area contributed by atoms with Crippen molar-refractivity contribution in [2.45, 2.75) is 32.9 Å². The fourth-order valence-corrected chi connectivity index (χ4v) is 2.22. The molecule has 3 nitrogen and oxygen atoms in total. The van der Waals surface area contributed by atoms with Crippen LogP contribution in [0.5, 0.6) is 11.5 Å². The largest absolute Gasteiger partial charge is 0.494 e. The first-order chi connectivity index (χ1) is 9.08. The number of hydrogen-bond donors (Lipinski definition) is 0. The molecule has 0 N–H and O–H groups in total. The third kappa shape index (κ3) is 5.15. The third-order valence-corrected chi connectivity index (χ3v) is 3.51. The number of ether oxygens (including phenoxy) is 2. The molecule has 0 unspecified atom stereocenters. The third-order valence-electron chi connectivity index (χ3n) is 2.41. The lowest BCUT2D eigenvalue weighted by Crippen LogP contribution is -2.08. The van der Waals surface area contributed by atoms with Gasteiger partial charge in [-0.2, -0.15) is 11.8 Å². The van der Waals surface area contributed by atoms with E-state index in [1.807, 2.05) is 19.9 Å². The Morgan fingerprint density at radius 1 is 1.21 bits per heavy atom. The summed E-state index contributed by atoms with van der Waals surface area (Å²) in [6, 6.07) is 5.40. The maximum absolute atomic E-state index is 12.2. The van der Waals surface area contributed by atoms with Gasteiger partial charge in [-0.1, -0.05) is 13.8 Å². The molecule has 0 bridgehead atoms. The Labute approximate surface area is 119 Å². The van der Waals surface area contributed by atoms with Crippen LogP contribution in [0.3, 0.4) is 0 Å². The molecular formula is C15H22O3S. The molecule has 0 aliphatic rings. The highest BCUT2D eigenvalue weighted by Gasteiger charge is 2.14. The average Bonchev–Trinajstić information content (AvgIpc) is 2.37. The molecule has 1 aromatic rings. The zero-order valence-electron chi connectivity index (χ0n) is 12.1. The van der Waals surface area contributed by atoms with Gasteiger partial charge in [0.1, 0.15) is 11.5 Å². The van der Waals surface area contributed by atoms with E-state index in [1.54, 1.807) is 23.9 Å². The van der Waals surface area contributed by atoms with E-state index in [0.29, 0.717) is 35.5 Å². The van der Waals surface area contributed by atoms with Crippen LogP contribution >= 0.6 is 11.8 Å². The Balaban J connectivity index is 2.88. The summed E-state index contributed by atoms with van der Waals surface area (Å²) in [6.07, 6.45) is 0. The normalized spacial score (nSPS) is 10.6. The van der Waals surface area contributed by atoms with Crippen molar-refractivity contribution in [2.75, 3.05) is 19.0 Å². The molecule has 106 valence electrons. The monoisotopic (exact) mass is 282 g/mol. The first kappa shape index (κ1) is 15.9. The highest BCUT2D eigenvalue weighted by Crippen LogP contribution is 2.27. The Kier molecular flexibility index (Phi) is 6.78. The van der Waals surface area contributed by atoms with Crippen LogP contribution in [0.15, 0.2) is 18.2 Å². The number of ketones is 1. The van der Waals surface area contributed by atoms with Gasteiger partial charge in [0.15, 0.2) is 5.78 Å². The molecule has 0 aromatic heterocycles. The summed E-state index contributed by atoms with van der Waals surface area (Å²) in [5.41, 5.74) is 0.637. The molecule has 0 atom stereocenters. The van der Waals surface area contributed by atoms with Crippen LogP contribution < -0.4 is 9.47 Å². The summed E-state index contributed by atoms with van der Waals surface area (Å²) in [4.78, 5) is 12.2. The molecule has 0 aliphatic carbocycles. The Bertz CT molecular complexity index is 416. The summed E-state index contributed by atoms with van der Waals surface area (Å²) >= 11 is 1.64. The number of thioether (sulfide) groups is 1. The SMILES string of the molecule is CCOc1ccc(C(=O)CSC(C)C)c(OCC)c1. The standard InChI is InChI=1S/C15H22O3S/c1-5-17-12-7-8-13(15(9-12)18-6-2)14(16)10-19-11(3)4/h7-9,11H,5-6,10H2,1-4H3. The van der Waals surface area contributed by atoms with Crippen molar-refractivity contribution in [2.24, 2.45) is 0 Å². The summed E-state index contributed by atoms with van der Waals surface area (Å²) < 4.78 is 11.0. The molecular weight excluding hydrogens is 260 g/mol. The number of rotatable bonds is 8. The quantitative estimate of drug-likeness (QED) is 0.679. The highest BCUT2D eigenvalue weighted by molar-refractivity contribution is 8.00. The van der Waals surface area contributed by atoms with Crippen LogP contribution in [0.4, 0.5) is 0 Å². The van der Waals surface area contributed by atoms with Gasteiger partial charge in [-0.25, -0.2) is 0 Å². The van der Waals surface area contributed by atoms with Gasteiger partial charge < -0.3 is 9.47 Å². The number of carbonyl (C=O) groups excluding carboxylic acids is 1. The molecule has 0 spiro atoms. The van der Waals surface area contributed by atoms with Crippen molar-refractivity contribution in [3.8, 4) is 11.5 Å². The molecule has 1 aromatic carbocycles. The van der Waals surface area contributed by atoms with Crippen LogP contribution in [-0.4, -0.2) is 30.0 Å². The van der Waals surface area contributed by atoms with Crippen LogP contribution in [-0.2, 0) is 0 Å². The van der Waals surface area contributed by atoms with Crippen LogP contribution in [0, 0.1) is 0 Å². The second kappa shape index (κ2) is 8.10. The zero-order chi connectivity index (χ0) is 14.3. The maximum atomic E-state index is 12.2. The van der Waals surface area contributed by atoms with E-state index in [1.165, 1.54) is 0 Å². The van der Waals surface area contributed by atoms with Gasteiger partial charge in [-0.3, -0.25) is 4.79 Å². The van der Waals surface area contributed by atoms with Crippen LogP contribution in [0.25, 0.3) is 0 Å².